The number of rotatable bonds is 0. The van der Waals surface area contributed by atoms with E-state index in [9.17, 15) is 0 Å². The second-order valence-corrected chi connectivity index (χ2v) is 3.68. The lowest BCUT2D eigenvalue weighted by Gasteiger charge is -2.16. The molecule has 2 aromatic carbocycles. The first-order chi connectivity index (χ1) is 7.40. The van der Waals surface area contributed by atoms with Gasteiger partial charge in [0.2, 0.25) is 0 Å². The average Bonchev–Trinajstić information content (AvgIpc) is 2.30. The molecule has 1 atom stereocenters. The summed E-state index contributed by atoms with van der Waals surface area (Å²) in [4.78, 5) is 0. The van der Waals surface area contributed by atoms with Crippen molar-refractivity contribution in [1.82, 2.24) is 0 Å². The predicted octanol–water partition coefficient (Wildman–Crippen LogP) is 3.34. The highest BCUT2D eigenvalue weighted by Crippen LogP contribution is 2.33. The minimum absolute atomic E-state index is 0.108. The highest BCUT2D eigenvalue weighted by molar-refractivity contribution is 5.95. The van der Waals surface area contributed by atoms with Crippen molar-refractivity contribution in [2.75, 3.05) is 0 Å². The Hall–Kier alpha value is -2.00. The standard InChI is InChI=1S/C15H8/c1-2-11-9-10-13-6-3-5-12-7-4-8-14(11)15(12)13/h3-8,10-11H. The third-order valence-corrected chi connectivity index (χ3v) is 2.83. The molecule has 68 valence electrons. The van der Waals surface area contributed by atoms with E-state index in [1.807, 2.05) is 18.2 Å². The first-order valence-electron chi connectivity index (χ1n) is 4.93. The summed E-state index contributed by atoms with van der Waals surface area (Å²) in [5.41, 5.74) is 2.33. The molecule has 0 aromatic heterocycles. The van der Waals surface area contributed by atoms with Gasteiger partial charge in [-0.2, -0.15) is 0 Å². The van der Waals surface area contributed by atoms with Crippen molar-refractivity contribution in [2.45, 2.75) is 5.92 Å². The van der Waals surface area contributed by atoms with E-state index in [0.29, 0.717) is 0 Å². The van der Waals surface area contributed by atoms with Crippen LogP contribution in [0.15, 0.2) is 36.4 Å². The minimum Gasteiger partial charge on any atom is -0.0760 e. The fourth-order valence-electron chi connectivity index (χ4n) is 2.14. The van der Waals surface area contributed by atoms with Gasteiger partial charge in [0.25, 0.3) is 0 Å². The van der Waals surface area contributed by atoms with Gasteiger partial charge in [-0.15, -0.1) is 0 Å². The predicted molar refractivity (Wildman–Crippen MR) is 61.5 cm³/mol. The van der Waals surface area contributed by atoms with Gasteiger partial charge in [-0.05, 0) is 40.5 Å². The topological polar surface area (TPSA) is 0 Å². The molecule has 15 heavy (non-hydrogen) atoms. The zero-order valence-electron chi connectivity index (χ0n) is 8.12. The third kappa shape index (κ3) is 1.10. The summed E-state index contributed by atoms with van der Waals surface area (Å²) in [5, 5.41) is 2.46. The third-order valence-electron chi connectivity index (χ3n) is 2.83. The fraction of sp³-hybridized carbons (Fsp3) is 0.0667. The van der Waals surface area contributed by atoms with Gasteiger partial charge in [-0.25, -0.2) is 0 Å². The molecule has 1 aliphatic rings. The van der Waals surface area contributed by atoms with E-state index in [2.05, 4.69) is 36.3 Å². The molecule has 1 aliphatic carbocycles. The molecular formula is C15H8. The number of allylic oxidation sites excluding steroid dienone is 1. The molecule has 3 rings (SSSR count). The van der Waals surface area contributed by atoms with Gasteiger partial charge in [0.15, 0.2) is 0 Å². The van der Waals surface area contributed by atoms with Crippen LogP contribution >= 0.6 is 0 Å². The Morgan fingerprint density at radius 3 is 2.73 bits per heavy atom. The Morgan fingerprint density at radius 2 is 1.93 bits per heavy atom. The largest absolute Gasteiger partial charge is 0.0760 e. The first kappa shape index (κ1) is 8.32. The Morgan fingerprint density at radius 1 is 1.13 bits per heavy atom. The summed E-state index contributed by atoms with van der Waals surface area (Å²) >= 11 is 0. The maximum Gasteiger partial charge on any atom is 0.0721 e. The summed E-state index contributed by atoms with van der Waals surface area (Å²) in [7, 11) is 0. The van der Waals surface area contributed by atoms with Crippen molar-refractivity contribution >= 4 is 16.8 Å². The van der Waals surface area contributed by atoms with E-state index in [-0.39, 0.29) is 5.92 Å². The molecule has 0 nitrogen and oxygen atoms in total. The molecule has 0 saturated heterocycles. The maximum atomic E-state index is 7.27. The molecule has 2 aromatic rings. The number of hydrogen-bond donors (Lipinski definition) is 0. The second kappa shape index (κ2) is 3.00. The van der Waals surface area contributed by atoms with E-state index in [0.717, 1.165) is 5.56 Å². The van der Waals surface area contributed by atoms with Gasteiger partial charge in [0.1, 0.15) is 0 Å². The smallest absolute Gasteiger partial charge is 0.0721 e. The Bertz CT molecular complexity index is 592. The van der Waals surface area contributed by atoms with Gasteiger partial charge >= 0.3 is 0 Å². The maximum absolute atomic E-state index is 7.27. The quantitative estimate of drug-likeness (QED) is 0.556. The van der Waals surface area contributed by atoms with Gasteiger partial charge in [-0.1, -0.05) is 42.3 Å². The van der Waals surface area contributed by atoms with Crippen LogP contribution < -0.4 is 0 Å². The van der Waals surface area contributed by atoms with Crippen LogP contribution in [0.3, 0.4) is 0 Å². The van der Waals surface area contributed by atoms with Crippen LogP contribution in [0.4, 0.5) is 0 Å². The molecule has 0 aliphatic heterocycles. The normalized spacial score (nSPS) is 17.7. The van der Waals surface area contributed by atoms with Crippen molar-refractivity contribution in [1.29, 1.82) is 0 Å². The zero-order chi connectivity index (χ0) is 10.3. The molecule has 0 heterocycles. The lowest BCUT2D eigenvalue weighted by atomic mass is 9.87. The zero-order valence-corrected chi connectivity index (χ0v) is 8.12. The van der Waals surface area contributed by atoms with E-state index in [4.69, 9.17) is 6.42 Å². The van der Waals surface area contributed by atoms with Crippen molar-refractivity contribution in [3.8, 4) is 5.92 Å². The molecule has 0 fully saturated rings. The minimum atomic E-state index is -0.108. The van der Waals surface area contributed by atoms with Crippen molar-refractivity contribution < 1.29 is 0 Å². The lowest BCUT2D eigenvalue weighted by Crippen LogP contribution is -1.99. The number of benzene rings is 2. The van der Waals surface area contributed by atoms with Crippen LogP contribution in [0.2, 0.25) is 0 Å². The molecule has 0 N–H and O–H groups in total. The van der Waals surface area contributed by atoms with Crippen molar-refractivity contribution in [3.63, 3.8) is 0 Å². The van der Waals surface area contributed by atoms with Crippen LogP contribution in [0.25, 0.3) is 16.8 Å². The van der Waals surface area contributed by atoms with Gasteiger partial charge in [-0.3, -0.25) is 0 Å². The monoisotopic (exact) mass is 188 g/mol. The van der Waals surface area contributed by atoms with Crippen LogP contribution in [-0.4, -0.2) is 0 Å². The van der Waals surface area contributed by atoms with Gasteiger partial charge in [0, 0.05) is 0 Å². The highest BCUT2D eigenvalue weighted by Gasteiger charge is 2.15. The van der Waals surface area contributed by atoms with E-state index >= 15 is 0 Å². The molecule has 0 amide bonds. The number of hydrogen-bond acceptors (Lipinski definition) is 0. The molecule has 0 bridgehead atoms. The van der Waals surface area contributed by atoms with Crippen LogP contribution in [0.5, 0.6) is 0 Å². The van der Waals surface area contributed by atoms with Crippen molar-refractivity contribution in [2.24, 2.45) is 0 Å². The van der Waals surface area contributed by atoms with E-state index in [1.165, 1.54) is 16.3 Å². The summed E-state index contributed by atoms with van der Waals surface area (Å²) < 4.78 is 0. The summed E-state index contributed by atoms with van der Waals surface area (Å²) in [5.74, 6) is 2.40. The van der Waals surface area contributed by atoms with Crippen LogP contribution in [0.1, 0.15) is 17.0 Å². The fourth-order valence-corrected chi connectivity index (χ4v) is 2.14. The Balaban J connectivity index is 2.47. The van der Waals surface area contributed by atoms with Crippen LogP contribution in [-0.2, 0) is 0 Å². The highest BCUT2D eigenvalue weighted by atomic mass is 14.2. The summed E-state index contributed by atoms with van der Waals surface area (Å²) in [6, 6.07) is 12.4. The van der Waals surface area contributed by atoms with Gasteiger partial charge < -0.3 is 0 Å². The molecular weight excluding hydrogens is 180 g/mol. The molecule has 2 radical (unpaired) electrons. The Kier molecular flexibility index (Phi) is 1.66. The van der Waals surface area contributed by atoms with E-state index in [1.54, 1.807) is 0 Å². The molecule has 0 spiro atoms. The van der Waals surface area contributed by atoms with Crippen LogP contribution in [0, 0.1) is 18.4 Å². The lowest BCUT2D eigenvalue weighted by molar-refractivity contribution is 1.11. The molecule has 1 unspecified atom stereocenters. The second-order valence-electron chi connectivity index (χ2n) is 3.68. The Labute approximate surface area is 89.2 Å². The van der Waals surface area contributed by atoms with E-state index < -0.39 is 0 Å². The summed E-state index contributed by atoms with van der Waals surface area (Å²) in [6.07, 6.45) is 12.4. The summed E-state index contributed by atoms with van der Waals surface area (Å²) in [6.45, 7) is 0. The molecule has 0 saturated carbocycles. The molecule has 0 heteroatoms. The first-order valence-corrected chi connectivity index (χ1v) is 4.93. The van der Waals surface area contributed by atoms with Gasteiger partial charge in [0.05, 0.1) is 5.92 Å². The van der Waals surface area contributed by atoms with Crippen molar-refractivity contribution in [3.05, 3.63) is 60.0 Å². The SMILES string of the molecule is [C]#CC1[C]=Cc2cccc3cccc1c23. The average molecular weight is 188 g/mol.